The molecule has 138 valence electrons. The van der Waals surface area contributed by atoms with Crippen LogP contribution in [0, 0.1) is 0 Å². The molecule has 0 bridgehead atoms. The van der Waals surface area contributed by atoms with E-state index in [1.54, 1.807) is 0 Å². The third-order valence-electron chi connectivity index (χ3n) is 1.76. The minimum Gasteiger partial charge on any atom is -0.313 e. The van der Waals surface area contributed by atoms with Gasteiger partial charge in [-0.2, -0.15) is 52.4 Å². The van der Waals surface area contributed by atoms with E-state index in [1.807, 2.05) is 0 Å². The predicted molar refractivity (Wildman–Crippen MR) is 64.5 cm³/mol. The summed E-state index contributed by atoms with van der Waals surface area (Å²) >= 11 is 0. The van der Waals surface area contributed by atoms with E-state index in [0.717, 1.165) is 8.51 Å². The van der Waals surface area contributed by atoms with Crippen molar-refractivity contribution in [2.45, 2.75) is 23.3 Å². The number of rotatable bonds is 3. The van der Waals surface area contributed by atoms with E-state index in [2.05, 4.69) is 13.5 Å². The van der Waals surface area contributed by atoms with Crippen LogP contribution in [-0.2, 0) is 10.1 Å². The maximum absolute atomic E-state index is 12.2. The molecule has 0 saturated heterocycles. The quantitative estimate of drug-likeness (QED) is 0.493. The summed E-state index contributed by atoms with van der Waals surface area (Å²) in [5, 5.41) is -7.00. The SMILES string of the molecule is O=S(=O)(O)C(F)(F)C(F)(F)C(F)(F)C(F)(F)F.n1p[nH][pH][nH][pH]1. The molecule has 2 unspecified atom stereocenters. The molecule has 0 fully saturated rings. The summed E-state index contributed by atoms with van der Waals surface area (Å²) in [6.07, 6.45) is -7.13. The highest BCUT2D eigenvalue weighted by molar-refractivity contribution is 7.87. The number of nitrogens with one attached hydrogen (secondary N) is 2. The fourth-order valence-corrected chi connectivity index (χ4v) is 3.78. The molecular weight excluding hydrogens is 434 g/mol. The molecule has 1 aromatic rings. The maximum Gasteiger partial charge on any atom is 0.460 e. The lowest BCUT2D eigenvalue weighted by Gasteiger charge is -2.31. The first kappa shape index (κ1) is 22.6. The largest absolute Gasteiger partial charge is 0.460 e. The average Bonchev–Trinajstić information content (AvgIpc) is 2.38. The van der Waals surface area contributed by atoms with E-state index >= 15 is 0 Å². The van der Waals surface area contributed by atoms with Crippen LogP contribution in [0.5, 0.6) is 0 Å². The lowest BCUT2D eigenvalue weighted by molar-refractivity contribution is -0.382. The molecule has 2 atom stereocenters. The van der Waals surface area contributed by atoms with Gasteiger partial charge in [-0.25, -0.2) is 0 Å². The van der Waals surface area contributed by atoms with Crippen molar-refractivity contribution in [2.75, 3.05) is 0 Å². The van der Waals surface area contributed by atoms with Crippen molar-refractivity contribution in [1.29, 1.82) is 0 Å². The van der Waals surface area contributed by atoms with Crippen LogP contribution < -0.4 is 0 Å². The van der Waals surface area contributed by atoms with Gasteiger partial charge in [-0.05, 0) is 0 Å². The van der Waals surface area contributed by atoms with E-state index in [1.165, 1.54) is 0 Å². The van der Waals surface area contributed by atoms with Gasteiger partial charge in [-0.1, -0.05) is 0 Å². The molecule has 19 heteroatoms. The van der Waals surface area contributed by atoms with E-state index in [9.17, 15) is 47.9 Å². The van der Waals surface area contributed by atoms with E-state index in [0.29, 0.717) is 17.0 Å². The van der Waals surface area contributed by atoms with Crippen molar-refractivity contribution < 1.29 is 52.5 Å². The van der Waals surface area contributed by atoms with Crippen LogP contribution in [0.25, 0.3) is 0 Å². The number of hydrogen-bond donors (Lipinski definition) is 3. The van der Waals surface area contributed by atoms with Gasteiger partial charge in [-0.3, -0.25) is 4.55 Å². The van der Waals surface area contributed by atoms with Crippen molar-refractivity contribution in [3.8, 4) is 0 Å². The molecule has 1 aromatic heterocycles. The Hall–Kier alpha value is -0.420. The molecule has 1 heterocycles. The Bertz CT molecular complexity index is 585. The molecule has 23 heavy (non-hydrogen) atoms. The minimum atomic E-state index is -7.37. The van der Waals surface area contributed by atoms with Crippen LogP contribution in [-0.4, -0.2) is 49.8 Å². The van der Waals surface area contributed by atoms with Gasteiger partial charge in [-0.15, -0.1) is 0 Å². The van der Waals surface area contributed by atoms with Crippen LogP contribution in [0.1, 0.15) is 0 Å². The predicted octanol–water partition coefficient (Wildman–Crippen LogP) is 3.80. The van der Waals surface area contributed by atoms with Gasteiger partial charge in [0.15, 0.2) is 0 Å². The standard InChI is InChI=1S/C4HF9O3S.H4N3P3/c5-1(6,3(9,10)11)2(7,8)4(12,13)17(14,15)16;1-4-2-6-3-5-1/h(H,14,15,16);1,4-5H,(H,2,3). The Morgan fingerprint density at radius 2 is 1.43 bits per heavy atom. The first-order valence-corrected chi connectivity index (χ1v) is 8.80. The summed E-state index contributed by atoms with van der Waals surface area (Å²) in [7, 11) is -4.81. The summed E-state index contributed by atoms with van der Waals surface area (Å²) in [5.41, 5.74) is 0. The molecule has 0 saturated carbocycles. The van der Waals surface area contributed by atoms with Crippen LogP contribution in [0.4, 0.5) is 39.5 Å². The number of alkyl halides is 9. The topological polar surface area (TPSA) is 98.8 Å². The Kier molecular flexibility index (Phi) is 7.09. The summed E-state index contributed by atoms with van der Waals surface area (Å²) in [6, 6.07) is 0. The monoisotopic (exact) mass is 439 g/mol. The van der Waals surface area contributed by atoms with Crippen molar-refractivity contribution in [1.82, 2.24) is 13.5 Å². The zero-order valence-corrected chi connectivity index (χ0v) is 13.7. The van der Waals surface area contributed by atoms with Crippen LogP contribution in [0.15, 0.2) is 0 Å². The smallest absolute Gasteiger partial charge is 0.313 e. The number of halogens is 9. The van der Waals surface area contributed by atoms with Gasteiger partial charge in [0.05, 0.1) is 0 Å². The molecule has 0 amide bonds. The lowest BCUT2D eigenvalue weighted by Crippen LogP contribution is -2.63. The third-order valence-corrected chi connectivity index (χ3v) is 5.26. The second-order valence-electron chi connectivity index (χ2n) is 3.31. The second kappa shape index (κ2) is 7.22. The molecular formula is C4H5F9N3O3P3S. The number of aromatic nitrogens is 3. The van der Waals surface area contributed by atoms with Gasteiger partial charge in [0.25, 0.3) is 0 Å². The molecule has 0 aliphatic rings. The number of nitrogens with zero attached hydrogens (tertiary/aromatic N) is 1. The summed E-state index contributed by atoms with van der Waals surface area (Å²) in [6.45, 7) is 0. The van der Waals surface area contributed by atoms with Crippen molar-refractivity contribution in [2.24, 2.45) is 0 Å². The highest BCUT2D eigenvalue weighted by Crippen LogP contribution is 2.54. The normalized spacial score (nSPS) is 15.0. The maximum atomic E-state index is 12.2. The van der Waals surface area contributed by atoms with Gasteiger partial charge in [0.2, 0.25) is 0 Å². The zero-order chi connectivity index (χ0) is 18.7. The number of aromatic amines is 2. The third kappa shape index (κ3) is 4.79. The van der Waals surface area contributed by atoms with Crippen molar-refractivity contribution in [3.63, 3.8) is 0 Å². The van der Waals surface area contributed by atoms with Gasteiger partial charge in [0.1, 0.15) is 8.51 Å². The lowest BCUT2D eigenvalue weighted by atomic mass is 10.1. The Balaban J connectivity index is 0.000000664. The fourth-order valence-electron chi connectivity index (χ4n) is 0.679. The van der Waals surface area contributed by atoms with Crippen LogP contribution in [0.2, 0.25) is 0 Å². The molecule has 0 spiro atoms. The van der Waals surface area contributed by atoms with Crippen LogP contribution in [0.3, 0.4) is 0 Å². The van der Waals surface area contributed by atoms with Gasteiger partial charge >= 0.3 is 33.4 Å². The first-order valence-electron chi connectivity index (χ1n) is 4.57. The minimum absolute atomic E-state index is 0.614. The molecule has 0 aliphatic heterocycles. The summed E-state index contributed by atoms with van der Waals surface area (Å²) in [5.74, 6) is -14.7. The fraction of sp³-hybridized carbons (Fsp3) is 1.00. The van der Waals surface area contributed by atoms with Gasteiger partial charge in [0, 0.05) is 17.0 Å². The second-order valence-corrected chi connectivity index (χ2v) is 8.14. The Labute approximate surface area is 126 Å². The highest BCUT2D eigenvalue weighted by Gasteiger charge is 2.85. The Morgan fingerprint density at radius 3 is 1.61 bits per heavy atom. The van der Waals surface area contributed by atoms with E-state index < -0.39 is 33.4 Å². The molecule has 1 rings (SSSR count). The van der Waals surface area contributed by atoms with E-state index in [4.69, 9.17) is 4.55 Å². The molecule has 0 aliphatic carbocycles. The molecule has 0 radical (unpaired) electrons. The van der Waals surface area contributed by atoms with Crippen molar-refractivity contribution in [3.05, 3.63) is 0 Å². The molecule has 3 N–H and O–H groups in total. The van der Waals surface area contributed by atoms with Crippen molar-refractivity contribution >= 4 is 35.6 Å². The average molecular weight is 439 g/mol. The first-order chi connectivity index (χ1) is 10.0. The molecule has 0 aromatic carbocycles. The number of H-pyrrole nitrogens is 2. The summed E-state index contributed by atoms with van der Waals surface area (Å²) in [4.78, 5) is 0. The Morgan fingerprint density at radius 1 is 0.957 bits per heavy atom. The van der Waals surface area contributed by atoms with Gasteiger partial charge < -0.3 is 9.02 Å². The summed E-state index contributed by atoms with van der Waals surface area (Å²) < 4.78 is 144. The molecule has 6 nitrogen and oxygen atoms in total. The number of hydrogen-bond acceptors (Lipinski definition) is 3. The highest BCUT2D eigenvalue weighted by atomic mass is 32.2. The van der Waals surface area contributed by atoms with Crippen LogP contribution >= 0.6 is 25.5 Å². The zero-order valence-electron chi connectivity index (χ0n) is 9.97. The van der Waals surface area contributed by atoms with E-state index in [-0.39, 0.29) is 0 Å².